The summed E-state index contributed by atoms with van der Waals surface area (Å²) in [5, 5.41) is 0. The first-order valence-electron chi connectivity index (χ1n) is 7.03. The second-order valence-electron chi connectivity index (χ2n) is 5.17. The lowest BCUT2D eigenvalue weighted by atomic mass is 10.1. The van der Waals surface area contributed by atoms with Crippen LogP contribution in [0.1, 0.15) is 16.7 Å². The van der Waals surface area contributed by atoms with Crippen LogP contribution in [0.3, 0.4) is 0 Å². The van der Waals surface area contributed by atoms with Gasteiger partial charge in [0.15, 0.2) is 0 Å². The van der Waals surface area contributed by atoms with Crippen LogP contribution < -0.4 is 9.47 Å². The first-order valence-corrected chi connectivity index (χ1v) is 7.03. The first kappa shape index (κ1) is 19.0. The van der Waals surface area contributed by atoms with Crippen molar-refractivity contribution in [2.75, 3.05) is 7.11 Å². The van der Waals surface area contributed by atoms with E-state index in [0.29, 0.717) is 0 Å². The molecule has 25 heavy (non-hydrogen) atoms. The van der Waals surface area contributed by atoms with E-state index in [4.69, 9.17) is 9.47 Å². The normalized spacial score (nSPS) is 12.1. The minimum Gasteiger partial charge on any atom is -0.496 e. The Morgan fingerprint density at radius 2 is 1.72 bits per heavy atom. The monoisotopic (exact) mass is 363 g/mol. The number of halogens is 6. The number of methoxy groups -OCH3 is 1. The van der Waals surface area contributed by atoms with E-state index in [1.807, 2.05) is 0 Å². The molecule has 135 valence electrons. The van der Waals surface area contributed by atoms with Crippen LogP contribution in [0.2, 0.25) is 0 Å². The standard InChI is InChI=1S/C17H13F6O2/c1-24-15-7-4-13(17(21,22)23)8-12(15)10-25-14-5-2-11(3-6-14)9-16(18,19)20/h2-5,7-8H,9-10H2,1H3. The number of hydrogen-bond donors (Lipinski definition) is 0. The zero-order valence-corrected chi connectivity index (χ0v) is 13.0. The molecule has 8 heteroatoms. The zero-order chi connectivity index (χ0) is 18.7. The summed E-state index contributed by atoms with van der Waals surface area (Å²) < 4.78 is 85.4. The van der Waals surface area contributed by atoms with Gasteiger partial charge in [-0.3, -0.25) is 0 Å². The topological polar surface area (TPSA) is 18.5 Å². The van der Waals surface area contributed by atoms with E-state index in [1.54, 1.807) is 0 Å². The zero-order valence-electron chi connectivity index (χ0n) is 13.0. The van der Waals surface area contributed by atoms with Crippen molar-refractivity contribution in [2.24, 2.45) is 0 Å². The van der Waals surface area contributed by atoms with Crippen molar-refractivity contribution in [3.63, 3.8) is 0 Å². The van der Waals surface area contributed by atoms with Gasteiger partial charge in [0.05, 0.1) is 19.1 Å². The Labute approximate surface area is 140 Å². The Bertz CT molecular complexity index is 705. The van der Waals surface area contributed by atoms with Gasteiger partial charge in [-0.05, 0) is 35.9 Å². The van der Waals surface area contributed by atoms with Crippen molar-refractivity contribution in [1.29, 1.82) is 0 Å². The van der Waals surface area contributed by atoms with Gasteiger partial charge in [-0.1, -0.05) is 6.07 Å². The number of benzene rings is 2. The van der Waals surface area contributed by atoms with Gasteiger partial charge in [0, 0.05) is 11.6 Å². The Kier molecular flexibility index (Phi) is 5.49. The first-order chi connectivity index (χ1) is 11.6. The minimum atomic E-state index is -4.51. The highest BCUT2D eigenvalue weighted by atomic mass is 19.4. The molecule has 0 spiro atoms. The van der Waals surface area contributed by atoms with E-state index in [9.17, 15) is 26.3 Å². The van der Waals surface area contributed by atoms with Crippen LogP contribution in [-0.4, -0.2) is 13.3 Å². The van der Waals surface area contributed by atoms with Gasteiger partial charge in [-0.2, -0.15) is 26.3 Å². The van der Waals surface area contributed by atoms with Crippen LogP contribution in [0.25, 0.3) is 0 Å². The number of hydrogen-bond acceptors (Lipinski definition) is 2. The summed E-state index contributed by atoms with van der Waals surface area (Å²) in [5.41, 5.74) is -0.682. The quantitative estimate of drug-likeness (QED) is 0.680. The molecule has 0 aliphatic heterocycles. The molecule has 0 aliphatic rings. The predicted molar refractivity (Wildman–Crippen MR) is 77.4 cm³/mol. The second kappa shape index (κ2) is 7.25. The third kappa shape index (κ3) is 5.58. The van der Waals surface area contributed by atoms with Crippen molar-refractivity contribution in [3.05, 3.63) is 59.2 Å². The average Bonchev–Trinajstić information content (AvgIpc) is 2.51. The minimum absolute atomic E-state index is 0.0106. The summed E-state index contributed by atoms with van der Waals surface area (Å²) in [5.74, 6) is 0.326. The van der Waals surface area contributed by atoms with Crippen LogP contribution in [0, 0.1) is 6.07 Å². The molecule has 2 aromatic rings. The third-order valence-electron chi connectivity index (χ3n) is 3.24. The molecule has 2 aromatic carbocycles. The van der Waals surface area contributed by atoms with Crippen molar-refractivity contribution in [2.45, 2.75) is 25.4 Å². The largest absolute Gasteiger partial charge is 0.496 e. The summed E-state index contributed by atoms with van der Waals surface area (Å²) in [7, 11) is 1.31. The lowest BCUT2D eigenvalue weighted by Gasteiger charge is -2.14. The van der Waals surface area contributed by atoms with Crippen molar-refractivity contribution in [1.82, 2.24) is 0 Å². The Morgan fingerprint density at radius 1 is 1.00 bits per heavy atom. The summed E-state index contributed by atoms with van der Waals surface area (Å²) in [6.07, 6.45) is -9.93. The molecule has 0 N–H and O–H groups in total. The van der Waals surface area contributed by atoms with E-state index < -0.39 is 24.3 Å². The predicted octanol–water partition coefficient (Wildman–Crippen LogP) is 5.20. The molecule has 0 heterocycles. The van der Waals surface area contributed by atoms with Gasteiger partial charge in [0.2, 0.25) is 0 Å². The van der Waals surface area contributed by atoms with Crippen molar-refractivity contribution in [3.8, 4) is 11.5 Å². The number of ether oxygens (including phenoxy) is 2. The smallest absolute Gasteiger partial charge is 0.416 e. The molecule has 0 amide bonds. The Balaban J connectivity index is 2.10. The molecule has 2 rings (SSSR count). The molecular formula is C17H13F6O2. The third-order valence-corrected chi connectivity index (χ3v) is 3.24. The summed E-state index contributed by atoms with van der Waals surface area (Å²) in [6.45, 7) is -0.248. The highest BCUT2D eigenvalue weighted by Gasteiger charge is 2.31. The van der Waals surface area contributed by atoms with E-state index >= 15 is 0 Å². The lowest BCUT2D eigenvalue weighted by Crippen LogP contribution is -2.11. The van der Waals surface area contributed by atoms with E-state index in [1.165, 1.54) is 25.3 Å². The maximum atomic E-state index is 12.8. The van der Waals surface area contributed by atoms with Crippen LogP contribution in [0.4, 0.5) is 26.3 Å². The highest BCUT2D eigenvalue weighted by molar-refractivity contribution is 5.38. The van der Waals surface area contributed by atoms with Crippen LogP contribution in [-0.2, 0) is 19.2 Å². The average molecular weight is 363 g/mol. The molecule has 1 radical (unpaired) electrons. The fourth-order valence-corrected chi connectivity index (χ4v) is 2.10. The highest BCUT2D eigenvalue weighted by Crippen LogP contribution is 2.33. The molecule has 0 unspecified atom stereocenters. The molecule has 0 aliphatic carbocycles. The van der Waals surface area contributed by atoms with E-state index in [-0.39, 0.29) is 29.2 Å². The van der Waals surface area contributed by atoms with Gasteiger partial charge in [-0.15, -0.1) is 0 Å². The van der Waals surface area contributed by atoms with Gasteiger partial charge >= 0.3 is 12.4 Å². The lowest BCUT2D eigenvalue weighted by molar-refractivity contribution is -0.137. The Morgan fingerprint density at radius 3 is 2.24 bits per heavy atom. The molecule has 0 saturated carbocycles. The van der Waals surface area contributed by atoms with Crippen molar-refractivity contribution >= 4 is 0 Å². The van der Waals surface area contributed by atoms with Gasteiger partial charge < -0.3 is 9.47 Å². The van der Waals surface area contributed by atoms with Gasteiger partial charge in [0.25, 0.3) is 0 Å². The molecular weight excluding hydrogens is 350 g/mol. The molecule has 2 nitrogen and oxygen atoms in total. The fourth-order valence-electron chi connectivity index (χ4n) is 2.10. The van der Waals surface area contributed by atoms with Gasteiger partial charge in [0.1, 0.15) is 18.1 Å². The molecule has 0 atom stereocenters. The Hall–Kier alpha value is -2.38. The second-order valence-corrected chi connectivity index (χ2v) is 5.17. The molecule has 0 bridgehead atoms. The van der Waals surface area contributed by atoms with E-state index in [0.717, 1.165) is 18.2 Å². The van der Waals surface area contributed by atoms with Crippen LogP contribution >= 0.6 is 0 Å². The molecule has 0 saturated heterocycles. The maximum absolute atomic E-state index is 12.8. The maximum Gasteiger partial charge on any atom is 0.416 e. The van der Waals surface area contributed by atoms with Crippen LogP contribution in [0.15, 0.2) is 36.4 Å². The summed E-state index contributed by atoms with van der Waals surface area (Å²) in [6, 6.07) is 9.13. The SMILES string of the molecule is COc1ccc(C(F)(F)F)cc1COc1[c]cc(CC(F)(F)F)cc1. The molecule has 0 fully saturated rings. The number of alkyl halides is 6. The number of rotatable bonds is 5. The van der Waals surface area contributed by atoms with Crippen LogP contribution in [0.5, 0.6) is 11.5 Å². The fraction of sp³-hybridized carbons (Fsp3) is 0.294. The van der Waals surface area contributed by atoms with Gasteiger partial charge in [-0.25, -0.2) is 0 Å². The van der Waals surface area contributed by atoms with Crippen molar-refractivity contribution < 1.29 is 35.8 Å². The van der Waals surface area contributed by atoms with E-state index in [2.05, 4.69) is 6.07 Å². The summed E-state index contributed by atoms with van der Waals surface area (Å²) >= 11 is 0. The molecule has 0 aromatic heterocycles. The summed E-state index contributed by atoms with van der Waals surface area (Å²) in [4.78, 5) is 0.